The summed E-state index contributed by atoms with van der Waals surface area (Å²) in [5.41, 5.74) is 13.3. The molecule has 0 aliphatic carbocycles. The van der Waals surface area contributed by atoms with Crippen LogP contribution >= 0.6 is 0 Å². The number of ether oxygens (including phenoxy) is 1. The molecule has 0 saturated carbocycles. The lowest BCUT2D eigenvalue weighted by Crippen LogP contribution is -2.47. The molecule has 0 radical (unpaired) electrons. The summed E-state index contributed by atoms with van der Waals surface area (Å²) in [7, 11) is 0. The molecule has 0 aliphatic heterocycles. The van der Waals surface area contributed by atoms with E-state index in [1.54, 1.807) is 0 Å². The lowest BCUT2D eigenvalue weighted by molar-refractivity contribution is -0.145. The largest absolute Gasteiger partial charge is 0.461 e. The van der Waals surface area contributed by atoms with Crippen LogP contribution in [0.1, 0.15) is 36.8 Å². The number of nitrogens with two attached hydrogens (primary N) is 2. The van der Waals surface area contributed by atoms with Gasteiger partial charge in [-0.3, -0.25) is 14.4 Å². The van der Waals surface area contributed by atoms with E-state index in [9.17, 15) is 14.4 Å². The smallest absolute Gasteiger partial charge is 0.306 e. The second-order valence-electron chi connectivity index (χ2n) is 8.41. The number of benzene rings is 3. The Morgan fingerprint density at radius 2 is 1.59 bits per heavy atom. The molecule has 2 amide bonds. The number of primary amides is 1. The van der Waals surface area contributed by atoms with Crippen molar-refractivity contribution < 1.29 is 19.1 Å². The average Bonchev–Trinajstić information content (AvgIpc) is 2.82. The highest BCUT2D eigenvalue weighted by atomic mass is 16.5. The molecule has 34 heavy (non-hydrogen) atoms. The molecule has 0 aliphatic rings. The van der Waals surface area contributed by atoms with Gasteiger partial charge in [0.05, 0.1) is 6.04 Å². The van der Waals surface area contributed by atoms with Crippen LogP contribution in [0, 0.1) is 0 Å². The number of carbonyl (C=O) groups is 3. The SMILES string of the molecule is NC(=O)CC(Cc1ccc2ccccc2c1)NC(=O)C(N)CCCC(=O)OCc1ccccc1. The highest BCUT2D eigenvalue weighted by molar-refractivity contribution is 5.84. The minimum Gasteiger partial charge on any atom is -0.461 e. The fourth-order valence-corrected chi connectivity index (χ4v) is 3.78. The molecule has 178 valence electrons. The first-order valence-corrected chi connectivity index (χ1v) is 11.4. The molecular weight excluding hydrogens is 430 g/mol. The molecule has 7 heteroatoms. The molecule has 0 spiro atoms. The van der Waals surface area contributed by atoms with Crippen LogP contribution in [0.3, 0.4) is 0 Å². The molecule has 3 rings (SSSR count). The molecule has 0 saturated heterocycles. The van der Waals surface area contributed by atoms with Crippen molar-refractivity contribution in [3.05, 3.63) is 83.9 Å². The number of amides is 2. The summed E-state index contributed by atoms with van der Waals surface area (Å²) in [6, 6.07) is 22.2. The van der Waals surface area contributed by atoms with E-state index in [2.05, 4.69) is 5.32 Å². The van der Waals surface area contributed by atoms with Gasteiger partial charge in [-0.05, 0) is 41.2 Å². The van der Waals surface area contributed by atoms with Crippen molar-refractivity contribution in [2.45, 2.75) is 50.8 Å². The molecule has 3 aromatic rings. The van der Waals surface area contributed by atoms with E-state index in [4.69, 9.17) is 16.2 Å². The monoisotopic (exact) mass is 461 g/mol. The third-order valence-electron chi connectivity index (χ3n) is 5.57. The van der Waals surface area contributed by atoms with Crippen molar-refractivity contribution in [1.29, 1.82) is 0 Å². The minimum absolute atomic E-state index is 0.0110. The van der Waals surface area contributed by atoms with Crippen LogP contribution in [0.25, 0.3) is 10.8 Å². The quantitative estimate of drug-likeness (QED) is 0.358. The van der Waals surface area contributed by atoms with Crippen molar-refractivity contribution in [3.8, 4) is 0 Å². The first-order valence-electron chi connectivity index (χ1n) is 11.4. The summed E-state index contributed by atoms with van der Waals surface area (Å²) in [6.45, 7) is 0.218. The fourth-order valence-electron chi connectivity index (χ4n) is 3.78. The van der Waals surface area contributed by atoms with Crippen molar-refractivity contribution in [1.82, 2.24) is 5.32 Å². The highest BCUT2D eigenvalue weighted by Crippen LogP contribution is 2.17. The first-order chi connectivity index (χ1) is 16.4. The summed E-state index contributed by atoms with van der Waals surface area (Å²) in [5.74, 6) is -1.20. The summed E-state index contributed by atoms with van der Waals surface area (Å²) < 4.78 is 5.24. The molecule has 2 unspecified atom stereocenters. The molecule has 0 aromatic heterocycles. The van der Waals surface area contributed by atoms with E-state index in [0.29, 0.717) is 19.3 Å². The van der Waals surface area contributed by atoms with Crippen LogP contribution < -0.4 is 16.8 Å². The van der Waals surface area contributed by atoms with Crippen molar-refractivity contribution in [3.63, 3.8) is 0 Å². The van der Waals surface area contributed by atoms with Gasteiger partial charge in [0, 0.05) is 18.9 Å². The maximum Gasteiger partial charge on any atom is 0.306 e. The molecular formula is C27H31N3O4. The molecule has 0 heterocycles. The Morgan fingerprint density at radius 3 is 2.32 bits per heavy atom. The predicted molar refractivity (Wildman–Crippen MR) is 131 cm³/mol. The number of hydrogen-bond acceptors (Lipinski definition) is 5. The Morgan fingerprint density at radius 1 is 0.882 bits per heavy atom. The number of carbonyl (C=O) groups excluding carboxylic acids is 3. The summed E-state index contributed by atoms with van der Waals surface area (Å²) >= 11 is 0. The van der Waals surface area contributed by atoms with Gasteiger partial charge < -0.3 is 21.5 Å². The van der Waals surface area contributed by atoms with Crippen LogP contribution in [-0.2, 0) is 32.1 Å². The average molecular weight is 462 g/mol. The molecule has 5 N–H and O–H groups in total. The third-order valence-corrected chi connectivity index (χ3v) is 5.57. The Labute approximate surface area is 199 Å². The lowest BCUT2D eigenvalue weighted by Gasteiger charge is -2.20. The third kappa shape index (κ3) is 8.01. The van der Waals surface area contributed by atoms with Gasteiger partial charge in [-0.15, -0.1) is 0 Å². The van der Waals surface area contributed by atoms with Gasteiger partial charge in [0.1, 0.15) is 6.61 Å². The van der Waals surface area contributed by atoms with Crippen molar-refractivity contribution in [2.24, 2.45) is 11.5 Å². The zero-order valence-electron chi connectivity index (χ0n) is 19.1. The molecule has 7 nitrogen and oxygen atoms in total. The lowest BCUT2D eigenvalue weighted by atomic mass is 9.99. The van der Waals surface area contributed by atoms with Crippen molar-refractivity contribution in [2.75, 3.05) is 0 Å². The van der Waals surface area contributed by atoms with E-state index in [0.717, 1.165) is 21.9 Å². The van der Waals surface area contributed by atoms with E-state index in [-0.39, 0.29) is 31.3 Å². The van der Waals surface area contributed by atoms with Crippen LogP contribution in [0.5, 0.6) is 0 Å². The summed E-state index contributed by atoms with van der Waals surface area (Å²) in [5, 5.41) is 5.05. The Kier molecular flexibility index (Phi) is 9.17. The van der Waals surface area contributed by atoms with Crippen LogP contribution in [0.4, 0.5) is 0 Å². The molecule has 0 bridgehead atoms. The highest BCUT2D eigenvalue weighted by Gasteiger charge is 2.20. The van der Waals surface area contributed by atoms with Crippen LogP contribution in [-0.4, -0.2) is 29.9 Å². The fraction of sp³-hybridized carbons (Fsp3) is 0.296. The number of fused-ring (bicyclic) bond motifs is 1. The van der Waals surface area contributed by atoms with Gasteiger partial charge in [0.25, 0.3) is 0 Å². The molecule has 2 atom stereocenters. The van der Waals surface area contributed by atoms with Crippen LogP contribution in [0.2, 0.25) is 0 Å². The van der Waals surface area contributed by atoms with Crippen molar-refractivity contribution >= 4 is 28.6 Å². The molecule has 0 fully saturated rings. The Balaban J connectivity index is 1.46. The van der Waals surface area contributed by atoms with E-state index in [1.807, 2.05) is 72.8 Å². The standard InChI is InChI=1S/C27H31N3O4/c28-24(11-6-12-26(32)34-18-19-7-2-1-3-8-19)27(33)30-23(17-25(29)31)16-20-13-14-21-9-4-5-10-22(21)15-20/h1-5,7-10,13-15,23-24H,6,11-12,16-18,28H2,(H2,29,31)(H,30,33). The summed E-state index contributed by atoms with van der Waals surface area (Å²) in [6.07, 6.45) is 1.39. The number of rotatable bonds is 12. The summed E-state index contributed by atoms with van der Waals surface area (Å²) in [4.78, 5) is 36.1. The second-order valence-corrected chi connectivity index (χ2v) is 8.41. The van der Waals surface area contributed by atoms with Gasteiger partial charge in [-0.25, -0.2) is 0 Å². The normalized spacial score (nSPS) is 12.6. The topological polar surface area (TPSA) is 125 Å². The second kappa shape index (κ2) is 12.5. The number of esters is 1. The maximum absolute atomic E-state index is 12.6. The number of hydrogen-bond donors (Lipinski definition) is 3. The van der Waals surface area contributed by atoms with Gasteiger partial charge in [-0.1, -0.05) is 72.8 Å². The number of nitrogens with one attached hydrogen (secondary N) is 1. The van der Waals surface area contributed by atoms with Gasteiger partial charge in [0.2, 0.25) is 11.8 Å². The molecule has 3 aromatic carbocycles. The minimum atomic E-state index is -0.797. The van der Waals surface area contributed by atoms with E-state index in [1.165, 1.54) is 0 Å². The van der Waals surface area contributed by atoms with Gasteiger partial charge >= 0.3 is 5.97 Å². The predicted octanol–water partition coefficient (Wildman–Crippen LogP) is 2.98. The zero-order chi connectivity index (χ0) is 24.3. The van der Waals surface area contributed by atoms with Gasteiger partial charge in [-0.2, -0.15) is 0 Å². The Hall–Kier alpha value is -3.71. The Bertz CT molecular complexity index is 1120. The van der Waals surface area contributed by atoms with E-state index >= 15 is 0 Å². The van der Waals surface area contributed by atoms with Gasteiger partial charge in [0.15, 0.2) is 0 Å². The van der Waals surface area contributed by atoms with Crippen LogP contribution in [0.15, 0.2) is 72.8 Å². The zero-order valence-corrected chi connectivity index (χ0v) is 19.1. The van der Waals surface area contributed by atoms with E-state index < -0.39 is 18.0 Å². The first kappa shape index (κ1) is 24.9. The maximum atomic E-state index is 12.6.